The fourth-order valence-corrected chi connectivity index (χ4v) is 6.57. The quantitative estimate of drug-likeness (QED) is 0.317. The Morgan fingerprint density at radius 2 is 1.80 bits per heavy atom. The zero-order valence-corrected chi connectivity index (χ0v) is 26.2. The molecule has 0 unspecified atom stereocenters. The number of aryl methyl sites for hydroxylation is 1. The van der Waals surface area contributed by atoms with Crippen LogP contribution in [0.1, 0.15) is 41.9 Å². The number of hydrogen-bond acceptors (Lipinski definition) is 6. The van der Waals surface area contributed by atoms with E-state index < -0.39 is 0 Å². The molecule has 3 heterocycles. The number of aliphatic hydroxyl groups is 1. The van der Waals surface area contributed by atoms with E-state index in [1.54, 1.807) is 0 Å². The van der Waals surface area contributed by atoms with Crippen LogP contribution in [0, 0.1) is 5.92 Å². The van der Waals surface area contributed by atoms with E-state index in [2.05, 4.69) is 49.2 Å². The topological polar surface area (TPSA) is 76.4 Å². The first-order valence-electron chi connectivity index (χ1n) is 15.6. The molecule has 232 valence electrons. The van der Waals surface area contributed by atoms with Gasteiger partial charge >= 0.3 is 0 Å². The fraction of sp³-hybridized carbons (Fsp3) is 0.417. The fourth-order valence-electron chi connectivity index (χ4n) is 6.57. The van der Waals surface area contributed by atoms with Gasteiger partial charge in [-0.25, -0.2) is 0 Å². The lowest BCUT2D eigenvalue weighted by Gasteiger charge is -2.35. The van der Waals surface area contributed by atoms with E-state index in [1.165, 1.54) is 0 Å². The lowest BCUT2D eigenvalue weighted by atomic mass is 9.96. The molecule has 3 aromatic carbocycles. The van der Waals surface area contributed by atoms with Crippen LogP contribution in [0.2, 0.25) is 0 Å². The van der Waals surface area contributed by atoms with Gasteiger partial charge < -0.3 is 28.8 Å². The lowest BCUT2D eigenvalue weighted by molar-refractivity contribution is -0.0242. The number of fused-ring (bicyclic) bond motifs is 6. The number of aromatic nitrogens is 1. The van der Waals surface area contributed by atoms with Gasteiger partial charge in [-0.05, 0) is 37.2 Å². The normalized spacial score (nSPS) is 19.7. The summed E-state index contributed by atoms with van der Waals surface area (Å²) in [5, 5.41) is 11.3. The number of amides is 1. The minimum atomic E-state index is -0.359. The van der Waals surface area contributed by atoms with Gasteiger partial charge in [0.05, 0.1) is 38.6 Å². The van der Waals surface area contributed by atoms with Crippen molar-refractivity contribution < 1.29 is 24.1 Å². The molecule has 0 fully saturated rings. The number of ether oxygens (including phenoxy) is 3. The zero-order valence-electron chi connectivity index (χ0n) is 26.2. The molecular weight excluding hydrogens is 554 g/mol. The Bertz CT molecular complexity index is 1630. The molecule has 0 saturated heterocycles. The van der Waals surface area contributed by atoms with Crippen molar-refractivity contribution in [2.75, 3.05) is 40.0 Å². The number of likely N-dealkylation sites (N-methyl/N-ethyl adjacent to an activating group) is 1. The zero-order chi connectivity index (χ0) is 30.8. The Hall–Kier alpha value is -3.85. The molecule has 0 spiro atoms. The Labute approximate surface area is 259 Å². The number of para-hydroxylation sites is 2. The minimum absolute atomic E-state index is 0.00808. The van der Waals surface area contributed by atoms with Gasteiger partial charge in [-0.2, -0.15) is 0 Å². The molecule has 2 aliphatic heterocycles. The van der Waals surface area contributed by atoms with E-state index in [-0.39, 0.29) is 30.6 Å². The van der Waals surface area contributed by atoms with Crippen molar-refractivity contribution in [3.63, 3.8) is 0 Å². The molecule has 2 aliphatic rings. The van der Waals surface area contributed by atoms with Crippen molar-refractivity contribution in [1.82, 2.24) is 14.4 Å². The highest BCUT2D eigenvalue weighted by atomic mass is 16.5. The summed E-state index contributed by atoms with van der Waals surface area (Å²) in [5.41, 5.74) is 5.66. The summed E-state index contributed by atoms with van der Waals surface area (Å²) in [6.45, 7) is 7.41. The smallest absolute Gasteiger partial charge is 0.271 e. The van der Waals surface area contributed by atoms with Crippen molar-refractivity contribution in [3.05, 3.63) is 83.6 Å². The number of carbonyl (C=O) groups excluding carboxylic acids is 1. The second kappa shape index (κ2) is 13.0. The molecule has 0 saturated carbocycles. The first-order chi connectivity index (χ1) is 21.4. The van der Waals surface area contributed by atoms with Crippen molar-refractivity contribution in [2.45, 2.75) is 45.6 Å². The van der Waals surface area contributed by atoms with Crippen LogP contribution in [0.5, 0.6) is 11.5 Å². The van der Waals surface area contributed by atoms with Crippen LogP contribution >= 0.6 is 0 Å². The van der Waals surface area contributed by atoms with E-state index >= 15 is 0 Å². The van der Waals surface area contributed by atoms with Crippen molar-refractivity contribution >= 4 is 16.8 Å². The minimum Gasteiger partial charge on any atom is -0.490 e. The van der Waals surface area contributed by atoms with E-state index in [1.807, 2.05) is 59.8 Å². The molecule has 4 aromatic rings. The predicted octanol–water partition coefficient (Wildman–Crippen LogP) is 5.50. The Morgan fingerprint density at radius 1 is 1.02 bits per heavy atom. The second-order valence-corrected chi connectivity index (χ2v) is 12.3. The maximum absolute atomic E-state index is 14.6. The van der Waals surface area contributed by atoms with E-state index in [0.717, 1.165) is 51.1 Å². The van der Waals surface area contributed by atoms with Crippen LogP contribution in [0.15, 0.2) is 66.7 Å². The number of hydrogen-bond donors (Lipinski definition) is 1. The van der Waals surface area contributed by atoms with Gasteiger partial charge in [0, 0.05) is 61.1 Å². The van der Waals surface area contributed by atoms with Gasteiger partial charge in [0.25, 0.3) is 5.91 Å². The molecule has 1 aromatic heterocycles. The summed E-state index contributed by atoms with van der Waals surface area (Å²) in [6, 6.07) is 22.1. The third-order valence-corrected chi connectivity index (χ3v) is 9.01. The summed E-state index contributed by atoms with van der Waals surface area (Å²) in [7, 11) is 4.05. The molecule has 8 nitrogen and oxygen atoms in total. The van der Waals surface area contributed by atoms with E-state index in [0.29, 0.717) is 45.1 Å². The van der Waals surface area contributed by atoms with Crippen LogP contribution in [-0.4, -0.2) is 77.5 Å². The van der Waals surface area contributed by atoms with Crippen LogP contribution in [0.3, 0.4) is 0 Å². The SMILES string of the molecule is C[C@@H]1CN([C@@H](C)CO)C(=O)c2c(c3ccccc3n2C)-c2ccccc2CO[C@@H]1CN(C)Cc1cccc2c1OCCCO2. The summed E-state index contributed by atoms with van der Waals surface area (Å²) in [4.78, 5) is 18.6. The largest absolute Gasteiger partial charge is 0.490 e. The van der Waals surface area contributed by atoms with Gasteiger partial charge in [-0.15, -0.1) is 0 Å². The molecule has 8 heteroatoms. The first kappa shape index (κ1) is 30.2. The molecule has 1 N–H and O–H groups in total. The third kappa shape index (κ3) is 5.82. The molecule has 6 rings (SSSR count). The molecule has 44 heavy (non-hydrogen) atoms. The average molecular weight is 598 g/mol. The maximum Gasteiger partial charge on any atom is 0.271 e. The molecular formula is C36H43N3O5. The maximum atomic E-state index is 14.6. The van der Waals surface area contributed by atoms with Gasteiger partial charge in [-0.1, -0.05) is 61.5 Å². The van der Waals surface area contributed by atoms with Gasteiger partial charge in [0.1, 0.15) is 5.69 Å². The van der Waals surface area contributed by atoms with Crippen LogP contribution in [0.4, 0.5) is 0 Å². The molecule has 0 radical (unpaired) electrons. The van der Waals surface area contributed by atoms with Crippen LogP contribution in [-0.2, 0) is 24.9 Å². The number of nitrogens with zero attached hydrogens (tertiary/aromatic N) is 3. The number of aliphatic hydroxyl groups excluding tert-OH is 1. The molecule has 3 atom stereocenters. The Kier molecular flexibility index (Phi) is 8.93. The highest BCUT2D eigenvalue weighted by Crippen LogP contribution is 2.39. The number of benzene rings is 3. The van der Waals surface area contributed by atoms with Crippen molar-refractivity contribution in [3.8, 4) is 22.6 Å². The standard InChI is InChI=1S/C36H43N3O5/c1-24-19-39(25(2)22-40)36(41)34-33(29-14-7-8-15-30(29)38(34)4)28-13-6-5-11-27(28)23-44-32(24)21-37(3)20-26-12-9-16-31-35(26)43-18-10-17-42-31/h5-9,11-16,24-25,32,40H,10,17-23H2,1-4H3/t24-,25+,32-/m1/s1. The molecule has 1 amide bonds. The molecule has 0 aliphatic carbocycles. The van der Waals surface area contributed by atoms with Crippen LogP contribution < -0.4 is 9.47 Å². The monoisotopic (exact) mass is 597 g/mol. The van der Waals surface area contributed by atoms with Gasteiger partial charge in [-0.3, -0.25) is 9.69 Å². The summed E-state index contributed by atoms with van der Waals surface area (Å²) < 4.78 is 20.8. The average Bonchev–Trinajstić information content (AvgIpc) is 3.16. The lowest BCUT2D eigenvalue weighted by Crippen LogP contribution is -2.47. The number of carbonyl (C=O) groups is 1. The predicted molar refractivity (Wildman–Crippen MR) is 172 cm³/mol. The van der Waals surface area contributed by atoms with Gasteiger partial charge in [0.15, 0.2) is 11.5 Å². The Morgan fingerprint density at radius 3 is 2.64 bits per heavy atom. The van der Waals surface area contributed by atoms with E-state index in [9.17, 15) is 9.90 Å². The van der Waals surface area contributed by atoms with Gasteiger partial charge in [0.2, 0.25) is 0 Å². The Balaban J connectivity index is 1.36. The third-order valence-electron chi connectivity index (χ3n) is 9.01. The summed E-state index contributed by atoms with van der Waals surface area (Å²) in [6.07, 6.45) is 0.687. The summed E-state index contributed by atoms with van der Waals surface area (Å²) >= 11 is 0. The molecule has 0 bridgehead atoms. The van der Waals surface area contributed by atoms with E-state index in [4.69, 9.17) is 14.2 Å². The van der Waals surface area contributed by atoms with Crippen LogP contribution in [0.25, 0.3) is 22.0 Å². The highest BCUT2D eigenvalue weighted by molar-refractivity contribution is 6.10. The summed E-state index contributed by atoms with van der Waals surface area (Å²) in [5.74, 6) is 1.52. The first-order valence-corrected chi connectivity index (χ1v) is 15.6. The highest BCUT2D eigenvalue weighted by Gasteiger charge is 2.33. The van der Waals surface area contributed by atoms with Crippen molar-refractivity contribution in [2.24, 2.45) is 13.0 Å². The van der Waals surface area contributed by atoms with Crippen molar-refractivity contribution in [1.29, 1.82) is 0 Å². The second-order valence-electron chi connectivity index (χ2n) is 12.3. The number of rotatable bonds is 6.